The van der Waals surface area contributed by atoms with Crippen LogP contribution in [0.5, 0.6) is 0 Å². The Bertz CT molecular complexity index is 531. The number of methoxy groups -OCH3 is 1. The second-order valence-electron chi connectivity index (χ2n) is 3.48. The number of benzene rings is 1. The van der Waals surface area contributed by atoms with Gasteiger partial charge >= 0.3 is 5.97 Å². The van der Waals surface area contributed by atoms with E-state index in [1.165, 1.54) is 30.6 Å². The quantitative estimate of drug-likeness (QED) is 0.864. The molecule has 4 nitrogen and oxygen atoms in total. The van der Waals surface area contributed by atoms with Crippen molar-refractivity contribution in [2.24, 2.45) is 0 Å². The zero-order chi connectivity index (χ0) is 13.0. The predicted octanol–water partition coefficient (Wildman–Crippen LogP) is 2.61. The molecule has 0 aliphatic carbocycles. The van der Waals surface area contributed by atoms with E-state index >= 15 is 0 Å². The summed E-state index contributed by atoms with van der Waals surface area (Å²) in [5.74, 6) is -0.836. The van der Waals surface area contributed by atoms with Crippen molar-refractivity contribution in [3.63, 3.8) is 0 Å². The first-order valence-electron chi connectivity index (χ1n) is 5.20. The van der Waals surface area contributed by atoms with Gasteiger partial charge < -0.3 is 10.1 Å². The van der Waals surface area contributed by atoms with Gasteiger partial charge in [-0.05, 0) is 18.2 Å². The van der Waals surface area contributed by atoms with E-state index < -0.39 is 12.0 Å². The summed E-state index contributed by atoms with van der Waals surface area (Å²) in [5, 5.41) is 5.24. The Balaban J connectivity index is 2.23. The van der Waals surface area contributed by atoms with Crippen molar-refractivity contribution in [1.82, 2.24) is 4.98 Å². The Morgan fingerprint density at radius 1 is 1.56 bits per heavy atom. The number of aromatic nitrogens is 1. The number of anilines is 1. The number of hydrogen-bond donors (Lipinski definition) is 1. The summed E-state index contributed by atoms with van der Waals surface area (Å²) in [6, 6.07) is 5.16. The lowest BCUT2D eigenvalue weighted by molar-refractivity contribution is -0.141. The maximum Gasteiger partial charge on any atom is 0.335 e. The first-order valence-corrected chi connectivity index (χ1v) is 6.08. The summed E-state index contributed by atoms with van der Waals surface area (Å²) in [7, 11) is 1.30. The first kappa shape index (κ1) is 12.5. The summed E-state index contributed by atoms with van der Waals surface area (Å²) in [4.78, 5) is 15.8. The summed E-state index contributed by atoms with van der Waals surface area (Å²) in [5.41, 5.74) is 0.501. The Morgan fingerprint density at radius 2 is 2.39 bits per heavy atom. The van der Waals surface area contributed by atoms with Crippen LogP contribution in [0.15, 0.2) is 35.8 Å². The molecular formula is C12H11FN2O2S. The minimum absolute atomic E-state index is 0.372. The normalized spacial score (nSPS) is 11.9. The molecule has 1 N–H and O–H groups in total. The van der Waals surface area contributed by atoms with Gasteiger partial charge in [0.1, 0.15) is 10.8 Å². The fraction of sp³-hybridized carbons (Fsp3) is 0.167. The van der Waals surface area contributed by atoms with E-state index in [0.29, 0.717) is 10.7 Å². The van der Waals surface area contributed by atoms with Crippen molar-refractivity contribution < 1.29 is 13.9 Å². The van der Waals surface area contributed by atoms with E-state index in [1.807, 2.05) is 0 Å². The van der Waals surface area contributed by atoms with E-state index in [0.717, 1.165) is 0 Å². The molecule has 1 aromatic carbocycles. The maximum absolute atomic E-state index is 13.1. The molecule has 2 rings (SSSR count). The average molecular weight is 266 g/mol. The fourth-order valence-electron chi connectivity index (χ4n) is 1.46. The molecule has 0 spiro atoms. The Hall–Kier alpha value is -1.95. The number of rotatable bonds is 4. The van der Waals surface area contributed by atoms with Gasteiger partial charge in [0.25, 0.3) is 0 Å². The topological polar surface area (TPSA) is 51.2 Å². The molecular weight excluding hydrogens is 255 g/mol. The molecule has 0 bridgehead atoms. The van der Waals surface area contributed by atoms with Crippen LogP contribution in [-0.2, 0) is 9.53 Å². The third-order valence-electron chi connectivity index (χ3n) is 2.27. The highest BCUT2D eigenvalue weighted by atomic mass is 32.1. The molecule has 0 amide bonds. The number of esters is 1. The van der Waals surface area contributed by atoms with Gasteiger partial charge in [-0.15, -0.1) is 11.3 Å². The number of nitrogens with zero attached hydrogens (tertiary/aromatic N) is 1. The lowest BCUT2D eigenvalue weighted by Gasteiger charge is -2.15. The molecule has 1 atom stereocenters. The number of halogens is 1. The Morgan fingerprint density at radius 3 is 3.00 bits per heavy atom. The highest BCUT2D eigenvalue weighted by Crippen LogP contribution is 2.23. The number of thiazole rings is 1. The summed E-state index contributed by atoms with van der Waals surface area (Å²) >= 11 is 1.33. The highest BCUT2D eigenvalue weighted by molar-refractivity contribution is 7.09. The van der Waals surface area contributed by atoms with Crippen molar-refractivity contribution >= 4 is 23.0 Å². The zero-order valence-electron chi connectivity index (χ0n) is 9.59. The van der Waals surface area contributed by atoms with Crippen LogP contribution in [0.4, 0.5) is 10.1 Å². The van der Waals surface area contributed by atoms with Crippen LogP contribution in [0.25, 0.3) is 0 Å². The third kappa shape index (κ3) is 2.84. The maximum atomic E-state index is 13.1. The lowest BCUT2D eigenvalue weighted by Crippen LogP contribution is -2.22. The van der Waals surface area contributed by atoms with Gasteiger partial charge in [0, 0.05) is 17.3 Å². The summed E-state index contributed by atoms with van der Waals surface area (Å²) in [6.45, 7) is 0. The average Bonchev–Trinajstić information content (AvgIpc) is 2.89. The highest BCUT2D eigenvalue weighted by Gasteiger charge is 2.23. The molecule has 1 unspecified atom stereocenters. The lowest BCUT2D eigenvalue weighted by atomic mass is 10.2. The van der Waals surface area contributed by atoms with Crippen molar-refractivity contribution in [2.45, 2.75) is 6.04 Å². The van der Waals surface area contributed by atoms with E-state index in [1.54, 1.807) is 23.7 Å². The molecule has 0 saturated carbocycles. The molecule has 1 heterocycles. The van der Waals surface area contributed by atoms with Gasteiger partial charge in [-0.1, -0.05) is 6.07 Å². The minimum atomic E-state index is -0.725. The van der Waals surface area contributed by atoms with Crippen LogP contribution in [0, 0.1) is 5.82 Å². The molecule has 18 heavy (non-hydrogen) atoms. The van der Waals surface area contributed by atoms with Gasteiger partial charge in [0.15, 0.2) is 6.04 Å². The molecule has 94 valence electrons. The van der Waals surface area contributed by atoms with Crippen LogP contribution in [-0.4, -0.2) is 18.1 Å². The number of carbonyl (C=O) groups is 1. The van der Waals surface area contributed by atoms with Crippen LogP contribution in [0.3, 0.4) is 0 Å². The van der Waals surface area contributed by atoms with Crippen LogP contribution in [0.2, 0.25) is 0 Å². The van der Waals surface area contributed by atoms with Gasteiger partial charge in [-0.3, -0.25) is 0 Å². The molecule has 0 aliphatic heterocycles. The van der Waals surface area contributed by atoms with Crippen molar-refractivity contribution in [3.05, 3.63) is 46.7 Å². The molecule has 6 heteroatoms. The van der Waals surface area contributed by atoms with E-state index in [4.69, 9.17) is 4.74 Å². The predicted molar refractivity (Wildman–Crippen MR) is 66.9 cm³/mol. The number of nitrogens with one attached hydrogen (secondary N) is 1. The van der Waals surface area contributed by atoms with Crippen molar-refractivity contribution in [1.29, 1.82) is 0 Å². The van der Waals surface area contributed by atoms with Crippen molar-refractivity contribution in [3.8, 4) is 0 Å². The SMILES string of the molecule is COC(=O)C(Nc1cccc(F)c1)c1nccs1. The molecule has 1 aromatic heterocycles. The standard InChI is InChI=1S/C12H11FN2O2S/c1-17-12(16)10(11-14-5-6-18-11)15-9-4-2-3-8(13)7-9/h2-7,10,15H,1H3. The second-order valence-corrected chi connectivity index (χ2v) is 4.41. The van der Waals surface area contributed by atoms with E-state index in [2.05, 4.69) is 10.3 Å². The molecule has 2 aromatic rings. The van der Waals surface area contributed by atoms with Crippen LogP contribution in [0.1, 0.15) is 11.0 Å². The Kier molecular flexibility index (Phi) is 3.88. The minimum Gasteiger partial charge on any atom is -0.467 e. The fourth-order valence-corrected chi connectivity index (χ4v) is 2.14. The molecule has 0 saturated heterocycles. The first-order chi connectivity index (χ1) is 8.70. The molecule has 0 aliphatic rings. The van der Waals surface area contributed by atoms with Crippen LogP contribution < -0.4 is 5.32 Å². The second kappa shape index (κ2) is 5.59. The third-order valence-corrected chi connectivity index (χ3v) is 3.11. The van der Waals surface area contributed by atoms with Crippen LogP contribution >= 0.6 is 11.3 Å². The van der Waals surface area contributed by atoms with Crippen molar-refractivity contribution in [2.75, 3.05) is 12.4 Å². The van der Waals surface area contributed by atoms with E-state index in [-0.39, 0.29) is 5.82 Å². The monoisotopic (exact) mass is 266 g/mol. The summed E-state index contributed by atoms with van der Waals surface area (Å²) < 4.78 is 17.8. The van der Waals surface area contributed by atoms with Gasteiger partial charge in [-0.2, -0.15) is 0 Å². The smallest absolute Gasteiger partial charge is 0.335 e. The van der Waals surface area contributed by atoms with Gasteiger partial charge in [0.05, 0.1) is 7.11 Å². The zero-order valence-corrected chi connectivity index (χ0v) is 10.4. The number of carbonyl (C=O) groups excluding carboxylic acids is 1. The van der Waals surface area contributed by atoms with Gasteiger partial charge in [-0.25, -0.2) is 14.2 Å². The molecule has 0 fully saturated rings. The number of hydrogen-bond acceptors (Lipinski definition) is 5. The van der Waals surface area contributed by atoms with Gasteiger partial charge in [0.2, 0.25) is 0 Å². The summed E-state index contributed by atoms with van der Waals surface area (Å²) in [6.07, 6.45) is 1.60. The van der Waals surface area contributed by atoms with E-state index in [9.17, 15) is 9.18 Å². The molecule has 0 radical (unpaired) electrons. The largest absolute Gasteiger partial charge is 0.467 e. The number of ether oxygens (including phenoxy) is 1. The Labute approximate surface area is 107 Å².